The van der Waals surface area contributed by atoms with E-state index in [9.17, 15) is 13.2 Å². The zero-order valence-electron chi connectivity index (χ0n) is 19.0. The van der Waals surface area contributed by atoms with Crippen LogP contribution in [-0.2, 0) is 21.3 Å². The predicted molar refractivity (Wildman–Crippen MR) is 126 cm³/mol. The highest BCUT2D eigenvalue weighted by molar-refractivity contribution is 7.89. The van der Waals surface area contributed by atoms with Gasteiger partial charge in [0.2, 0.25) is 10.0 Å². The maximum Gasteiger partial charge on any atom is 0.254 e. The molecule has 0 aromatic heterocycles. The van der Waals surface area contributed by atoms with Gasteiger partial charge in [-0.25, -0.2) is 8.42 Å². The molecule has 1 amide bonds. The van der Waals surface area contributed by atoms with Crippen molar-refractivity contribution in [2.45, 2.75) is 50.8 Å². The Morgan fingerprint density at radius 2 is 1.82 bits per heavy atom. The number of hydrogen-bond donors (Lipinski definition) is 0. The van der Waals surface area contributed by atoms with Gasteiger partial charge < -0.3 is 9.64 Å². The van der Waals surface area contributed by atoms with Crippen LogP contribution in [0.4, 0.5) is 0 Å². The summed E-state index contributed by atoms with van der Waals surface area (Å²) in [6.07, 6.45) is 0.267. The second kappa shape index (κ2) is 10.7. The third kappa shape index (κ3) is 5.92. The summed E-state index contributed by atoms with van der Waals surface area (Å²) in [7, 11) is -3.90. The summed E-state index contributed by atoms with van der Waals surface area (Å²) in [5.74, 6) is -0.280. The number of nitrogens with zero attached hydrogens (tertiary/aromatic N) is 3. The zero-order valence-corrected chi connectivity index (χ0v) is 20.6. The van der Waals surface area contributed by atoms with Crippen LogP contribution >= 0.6 is 11.6 Å². The van der Waals surface area contributed by atoms with Crippen LogP contribution in [0.25, 0.3) is 0 Å². The van der Waals surface area contributed by atoms with Gasteiger partial charge in [0.05, 0.1) is 28.9 Å². The molecule has 0 radical (unpaired) electrons. The lowest BCUT2D eigenvalue weighted by atomic mass is 10.1. The van der Waals surface area contributed by atoms with Gasteiger partial charge in [0.1, 0.15) is 4.90 Å². The Hall–Kier alpha value is -2.44. The van der Waals surface area contributed by atoms with Crippen molar-refractivity contribution in [1.82, 2.24) is 9.21 Å². The van der Waals surface area contributed by atoms with E-state index in [2.05, 4.69) is 6.07 Å². The molecule has 2 unspecified atom stereocenters. The van der Waals surface area contributed by atoms with Gasteiger partial charge in [-0.15, -0.1) is 0 Å². The van der Waals surface area contributed by atoms with E-state index in [0.717, 1.165) is 12.0 Å². The Kier molecular flexibility index (Phi) is 8.14. The molecule has 1 heterocycles. The fraction of sp³-hybridized carbons (Fsp3) is 0.417. The van der Waals surface area contributed by atoms with Gasteiger partial charge in [0, 0.05) is 31.7 Å². The average molecular weight is 490 g/mol. The first-order valence-corrected chi connectivity index (χ1v) is 12.7. The summed E-state index contributed by atoms with van der Waals surface area (Å²) in [6.45, 7) is 6.92. The number of nitriles is 1. The molecule has 0 N–H and O–H groups in total. The zero-order chi connectivity index (χ0) is 24.2. The van der Waals surface area contributed by atoms with Crippen molar-refractivity contribution in [3.05, 3.63) is 64.2 Å². The molecule has 7 nitrogen and oxygen atoms in total. The summed E-state index contributed by atoms with van der Waals surface area (Å²) in [5.41, 5.74) is 1.69. The maximum atomic E-state index is 13.4. The molecule has 176 valence electrons. The minimum atomic E-state index is -3.90. The van der Waals surface area contributed by atoms with Crippen LogP contribution in [0.2, 0.25) is 5.02 Å². The van der Waals surface area contributed by atoms with Crippen molar-refractivity contribution in [2.24, 2.45) is 0 Å². The fourth-order valence-electron chi connectivity index (χ4n) is 3.91. The number of ether oxygens (including phenoxy) is 1. The third-order valence-electron chi connectivity index (χ3n) is 5.42. The van der Waals surface area contributed by atoms with Gasteiger partial charge in [0.25, 0.3) is 5.91 Å². The standard InChI is InChI=1S/C24H28ClN3O4S/c1-4-11-27(16-20-7-5-19(13-26)6-8-20)24(29)21-9-10-22(25)23(12-21)33(30,31)28-14-17(2)32-18(3)15-28/h5-10,12,17-18H,4,11,14-16H2,1-3H3. The van der Waals surface area contributed by atoms with Gasteiger partial charge in [0.15, 0.2) is 0 Å². The van der Waals surface area contributed by atoms with Crippen LogP contribution in [0, 0.1) is 11.3 Å². The second-order valence-corrected chi connectivity index (χ2v) is 10.6. The number of benzene rings is 2. The summed E-state index contributed by atoms with van der Waals surface area (Å²) in [4.78, 5) is 14.9. The van der Waals surface area contributed by atoms with Crippen LogP contribution in [0.3, 0.4) is 0 Å². The van der Waals surface area contributed by atoms with Gasteiger partial charge in [-0.3, -0.25) is 4.79 Å². The summed E-state index contributed by atoms with van der Waals surface area (Å²) in [5, 5.41) is 9.06. The highest BCUT2D eigenvalue weighted by Crippen LogP contribution is 2.28. The lowest BCUT2D eigenvalue weighted by Gasteiger charge is -2.34. The van der Waals surface area contributed by atoms with Crippen LogP contribution in [0.1, 0.15) is 48.7 Å². The van der Waals surface area contributed by atoms with Crippen molar-refractivity contribution in [1.29, 1.82) is 5.26 Å². The summed E-state index contributed by atoms with van der Waals surface area (Å²) in [6, 6.07) is 13.5. The number of carbonyl (C=O) groups excluding carboxylic acids is 1. The van der Waals surface area contributed by atoms with Crippen LogP contribution in [-0.4, -0.2) is 55.4 Å². The second-order valence-electron chi connectivity index (χ2n) is 8.26. The first-order valence-electron chi connectivity index (χ1n) is 10.9. The van der Waals surface area contributed by atoms with Gasteiger partial charge in [-0.1, -0.05) is 30.7 Å². The number of hydrogen-bond acceptors (Lipinski definition) is 5. The van der Waals surface area contributed by atoms with Crippen molar-refractivity contribution in [3.63, 3.8) is 0 Å². The topological polar surface area (TPSA) is 90.7 Å². The van der Waals surface area contributed by atoms with Crippen molar-refractivity contribution in [2.75, 3.05) is 19.6 Å². The smallest absolute Gasteiger partial charge is 0.254 e. The Morgan fingerprint density at radius 1 is 1.18 bits per heavy atom. The summed E-state index contributed by atoms with van der Waals surface area (Å²) < 4.78 is 33.7. The van der Waals surface area contributed by atoms with Crippen LogP contribution in [0.15, 0.2) is 47.4 Å². The highest BCUT2D eigenvalue weighted by atomic mass is 35.5. The van der Waals surface area contributed by atoms with E-state index >= 15 is 0 Å². The quantitative estimate of drug-likeness (QED) is 0.584. The molecule has 33 heavy (non-hydrogen) atoms. The van der Waals surface area contributed by atoms with E-state index in [1.807, 2.05) is 32.9 Å². The van der Waals surface area contributed by atoms with Crippen LogP contribution < -0.4 is 0 Å². The first-order chi connectivity index (χ1) is 15.6. The molecular formula is C24H28ClN3O4S. The molecule has 0 aliphatic carbocycles. The number of sulfonamides is 1. The van der Waals surface area contributed by atoms with Crippen LogP contribution in [0.5, 0.6) is 0 Å². The predicted octanol–water partition coefficient (Wildman–Crippen LogP) is 4.06. The largest absolute Gasteiger partial charge is 0.373 e. The van der Waals surface area contributed by atoms with Crippen molar-refractivity contribution in [3.8, 4) is 6.07 Å². The maximum absolute atomic E-state index is 13.4. The van der Waals surface area contributed by atoms with Crippen molar-refractivity contribution < 1.29 is 17.9 Å². The SMILES string of the molecule is CCCN(Cc1ccc(C#N)cc1)C(=O)c1ccc(Cl)c(S(=O)(=O)N2CC(C)OC(C)C2)c1. The Labute approximate surface area is 200 Å². The monoisotopic (exact) mass is 489 g/mol. The van der Waals surface area contributed by atoms with E-state index in [1.54, 1.807) is 23.1 Å². The Morgan fingerprint density at radius 3 is 2.39 bits per heavy atom. The normalized spacial score (nSPS) is 19.1. The lowest BCUT2D eigenvalue weighted by molar-refractivity contribution is -0.0440. The van der Waals surface area contributed by atoms with Gasteiger partial charge >= 0.3 is 0 Å². The van der Waals surface area contributed by atoms with E-state index in [1.165, 1.54) is 16.4 Å². The Bertz CT molecular complexity index is 1140. The molecule has 0 spiro atoms. The summed E-state index contributed by atoms with van der Waals surface area (Å²) >= 11 is 6.29. The molecular weight excluding hydrogens is 462 g/mol. The average Bonchev–Trinajstić information content (AvgIpc) is 2.78. The number of morpholine rings is 1. The number of carbonyl (C=O) groups is 1. The highest BCUT2D eigenvalue weighted by Gasteiger charge is 2.34. The molecule has 1 fully saturated rings. The van der Waals surface area contributed by atoms with Gasteiger partial charge in [-0.2, -0.15) is 9.57 Å². The molecule has 2 aromatic carbocycles. The van der Waals surface area contributed by atoms with E-state index in [0.29, 0.717) is 18.7 Å². The molecule has 2 aromatic rings. The minimum absolute atomic E-state index is 0.0764. The molecule has 0 saturated carbocycles. The molecule has 2 atom stereocenters. The molecule has 1 aliphatic rings. The minimum Gasteiger partial charge on any atom is -0.373 e. The Balaban J connectivity index is 1.89. The number of rotatable bonds is 7. The third-order valence-corrected chi connectivity index (χ3v) is 7.73. The fourth-order valence-corrected chi connectivity index (χ4v) is 6.00. The molecule has 9 heteroatoms. The van der Waals surface area contributed by atoms with Gasteiger partial charge in [-0.05, 0) is 56.2 Å². The first kappa shape index (κ1) is 25.2. The number of halogens is 1. The van der Waals surface area contributed by atoms with Crippen molar-refractivity contribution >= 4 is 27.5 Å². The molecule has 3 rings (SSSR count). The molecule has 1 aliphatic heterocycles. The lowest BCUT2D eigenvalue weighted by Crippen LogP contribution is -2.48. The van der Waals surface area contributed by atoms with E-state index in [4.69, 9.17) is 21.6 Å². The molecule has 0 bridgehead atoms. The number of amides is 1. The van der Waals surface area contributed by atoms with E-state index in [-0.39, 0.29) is 46.7 Å². The van der Waals surface area contributed by atoms with E-state index < -0.39 is 10.0 Å². The molecule has 1 saturated heterocycles.